The minimum atomic E-state index is 0.0555. The Labute approximate surface area is 126 Å². The van der Waals surface area contributed by atoms with Crippen molar-refractivity contribution in [3.8, 4) is 0 Å². The average molecular weight is 294 g/mol. The topological polar surface area (TPSA) is 25.2 Å². The van der Waals surface area contributed by atoms with Crippen molar-refractivity contribution in [2.75, 3.05) is 0 Å². The van der Waals surface area contributed by atoms with Crippen molar-refractivity contribution >= 4 is 22.6 Å². The maximum atomic E-state index is 6.22. The Morgan fingerprint density at radius 3 is 2.40 bits per heavy atom. The van der Waals surface area contributed by atoms with Crippen LogP contribution in [0.1, 0.15) is 46.6 Å². The molecule has 0 unspecified atom stereocenters. The second-order valence-corrected chi connectivity index (χ2v) is 7.67. The molecule has 2 nitrogen and oxygen atoms in total. The molecule has 2 rings (SSSR count). The van der Waals surface area contributed by atoms with E-state index in [0.29, 0.717) is 10.6 Å². The summed E-state index contributed by atoms with van der Waals surface area (Å²) in [7, 11) is 0. The lowest BCUT2D eigenvalue weighted by molar-refractivity contribution is 0.241. The van der Waals surface area contributed by atoms with Crippen molar-refractivity contribution in [1.29, 1.82) is 0 Å². The number of hydrogen-bond donors (Lipinski definition) is 1. The van der Waals surface area contributed by atoms with E-state index in [9.17, 15) is 0 Å². The molecule has 110 valence electrons. The van der Waals surface area contributed by atoms with Gasteiger partial charge >= 0.3 is 0 Å². The molecule has 0 aliphatic carbocycles. The molecule has 0 bridgehead atoms. The molecule has 0 aliphatic heterocycles. The quantitative estimate of drug-likeness (QED) is 0.817. The van der Waals surface area contributed by atoms with Gasteiger partial charge in [-0.2, -0.15) is 0 Å². The van der Waals surface area contributed by atoms with Gasteiger partial charge < -0.3 is 9.73 Å². The van der Waals surface area contributed by atoms with Crippen molar-refractivity contribution in [3.63, 3.8) is 0 Å². The summed E-state index contributed by atoms with van der Waals surface area (Å²) in [6.45, 7) is 12.0. The van der Waals surface area contributed by atoms with Gasteiger partial charge in [-0.1, -0.05) is 39.0 Å². The zero-order valence-electron chi connectivity index (χ0n) is 13.0. The van der Waals surface area contributed by atoms with E-state index in [1.165, 1.54) is 0 Å². The van der Waals surface area contributed by atoms with E-state index in [1.807, 2.05) is 18.2 Å². The molecule has 1 aromatic heterocycles. The highest BCUT2D eigenvalue weighted by Gasteiger charge is 2.25. The maximum absolute atomic E-state index is 6.22. The van der Waals surface area contributed by atoms with Crippen LogP contribution in [0.25, 0.3) is 11.0 Å². The van der Waals surface area contributed by atoms with Gasteiger partial charge in [0.25, 0.3) is 0 Å². The second kappa shape index (κ2) is 5.42. The molecule has 2 aromatic rings. The number of fused-ring (bicyclic) bond motifs is 1. The maximum Gasteiger partial charge on any atom is 0.199 e. The van der Waals surface area contributed by atoms with E-state index in [2.05, 4.69) is 46.0 Å². The first-order chi connectivity index (χ1) is 9.18. The van der Waals surface area contributed by atoms with E-state index in [0.717, 1.165) is 29.5 Å². The Bertz CT molecular complexity index is 593. The Morgan fingerprint density at radius 2 is 1.75 bits per heavy atom. The SMILES string of the molecule is CC(C)(C)CC(C)(C)NCc1c(Cl)oc2ccccc12. The molecule has 0 spiro atoms. The van der Waals surface area contributed by atoms with Crippen LogP contribution >= 0.6 is 11.6 Å². The highest BCUT2D eigenvalue weighted by molar-refractivity contribution is 6.30. The normalized spacial score (nSPS) is 13.1. The lowest BCUT2D eigenvalue weighted by atomic mass is 9.82. The number of nitrogens with one attached hydrogen (secondary N) is 1. The molecule has 0 saturated heterocycles. The smallest absolute Gasteiger partial charge is 0.199 e. The molecule has 0 amide bonds. The summed E-state index contributed by atoms with van der Waals surface area (Å²) in [5.74, 6) is 0. The standard InChI is InChI=1S/C17H24ClNO/c1-16(2,3)11-17(4,5)19-10-13-12-8-6-7-9-14(12)20-15(13)18/h6-9,19H,10-11H2,1-5H3. The molecule has 1 heterocycles. The van der Waals surface area contributed by atoms with E-state index >= 15 is 0 Å². The van der Waals surface area contributed by atoms with Gasteiger partial charge in [0.15, 0.2) is 5.22 Å². The van der Waals surface area contributed by atoms with E-state index in [4.69, 9.17) is 16.0 Å². The van der Waals surface area contributed by atoms with Gasteiger partial charge in [0.2, 0.25) is 0 Å². The van der Waals surface area contributed by atoms with Crippen molar-refractivity contribution in [3.05, 3.63) is 35.0 Å². The highest BCUT2D eigenvalue weighted by atomic mass is 35.5. The van der Waals surface area contributed by atoms with E-state index in [-0.39, 0.29) is 5.54 Å². The second-order valence-electron chi connectivity index (χ2n) is 7.33. The number of halogens is 1. The van der Waals surface area contributed by atoms with Gasteiger partial charge in [-0.05, 0) is 43.4 Å². The van der Waals surface area contributed by atoms with Crippen LogP contribution in [0.4, 0.5) is 0 Å². The van der Waals surface area contributed by atoms with Gasteiger partial charge in [-0.25, -0.2) is 0 Å². The van der Waals surface area contributed by atoms with Gasteiger partial charge in [0.1, 0.15) is 5.58 Å². The summed E-state index contributed by atoms with van der Waals surface area (Å²) in [6.07, 6.45) is 1.09. The third kappa shape index (κ3) is 3.77. The van der Waals surface area contributed by atoms with Crippen LogP contribution in [-0.4, -0.2) is 5.54 Å². The molecular formula is C17H24ClNO. The van der Waals surface area contributed by atoms with Crippen molar-refractivity contribution in [2.45, 2.75) is 53.1 Å². The minimum Gasteiger partial charge on any atom is -0.444 e. The summed E-state index contributed by atoms with van der Waals surface area (Å²) >= 11 is 6.22. The number of hydrogen-bond acceptors (Lipinski definition) is 2. The lowest BCUT2D eigenvalue weighted by Gasteiger charge is -2.33. The molecule has 3 heteroatoms. The average Bonchev–Trinajstić information content (AvgIpc) is 2.59. The van der Waals surface area contributed by atoms with Gasteiger partial charge in [-0.3, -0.25) is 0 Å². The Kier molecular flexibility index (Phi) is 4.17. The molecule has 0 saturated carbocycles. The third-order valence-electron chi connectivity index (χ3n) is 3.36. The largest absolute Gasteiger partial charge is 0.444 e. The zero-order valence-corrected chi connectivity index (χ0v) is 13.8. The summed E-state index contributed by atoms with van der Waals surface area (Å²) in [6, 6.07) is 7.98. The minimum absolute atomic E-state index is 0.0555. The first-order valence-electron chi connectivity index (χ1n) is 7.09. The summed E-state index contributed by atoms with van der Waals surface area (Å²) < 4.78 is 5.59. The molecule has 0 radical (unpaired) electrons. The Balaban J connectivity index is 2.15. The molecular weight excluding hydrogens is 270 g/mol. The molecule has 1 N–H and O–H groups in total. The molecule has 1 aromatic carbocycles. The fourth-order valence-electron chi connectivity index (χ4n) is 2.95. The first kappa shape index (κ1) is 15.4. The van der Waals surface area contributed by atoms with Crippen molar-refractivity contribution < 1.29 is 4.42 Å². The van der Waals surface area contributed by atoms with Crippen LogP contribution in [0.2, 0.25) is 5.22 Å². The van der Waals surface area contributed by atoms with Crippen molar-refractivity contribution in [2.24, 2.45) is 5.41 Å². The number of para-hydroxylation sites is 1. The molecule has 20 heavy (non-hydrogen) atoms. The van der Waals surface area contributed by atoms with Gasteiger partial charge in [0, 0.05) is 23.0 Å². The van der Waals surface area contributed by atoms with Crippen LogP contribution in [0.3, 0.4) is 0 Å². The monoisotopic (exact) mass is 293 g/mol. The van der Waals surface area contributed by atoms with Gasteiger partial charge in [0.05, 0.1) is 0 Å². The first-order valence-corrected chi connectivity index (χ1v) is 7.47. The molecule has 0 fully saturated rings. The zero-order chi connectivity index (χ0) is 15.0. The Hall–Kier alpha value is -0.990. The van der Waals surface area contributed by atoms with Crippen molar-refractivity contribution in [1.82, 2.24) is 5.32 Å². The van der Waals surface area contributed by atoms with Crippen LogP contribution < -0.4 is 5.32 Å². The Morgan fingerprint density at radius 1 is 1.10 bits per heavy atom. The van der Waals surface area contributed by atoms with Crippen LogP contribution in [0, 0.1) is 5.41 Å². The fourth-order valence-corrected chi connectivity index (χ4v) is 3.20. The van der Waals surface area contributed by atoms with E-state index < -0.39 is 0 Å². The summed E-state index contributed by atoms with van der Waals surface area (Å²) in [5, 5.41) is 5.19. The van der Waals surface area contributed by atoms with Gasteiger partial charge in [-0.15, -0.1) is 0 Å². The number of rotatable bonds is 4. The lowest BCUT2D eigenvalue weighted by Crippen LogP contribution is -2.41. The number of benzene rings is 1. The summed E-state index contributed by atoms with van der Waals surface area (Å²) in [4.78, 5) is 0. The third-order valence-corrected chi connectivity index (χ3v) is 3.67. The van der Waals surface area contributed by atoms with Crippen LogP contribution in [0.5, 0.6) is 0 Å². The number of furan rings is 1. The van der Waals surface area contributed by atoms with E-state index in [1.54, 1.807) is 0 Å². The van der Waals surface area contributed by atoms with Crippen LogP contribution in [-0.2, 0) is 6.54 Å². The molecule has 0 aliphatic rings. The highest BCUT2D eigenvalue weighted by Crippen LogP contribution is 2.31. The fraction of sp³-hybridized carbons (Fsp3) is 0.529. The van der Waals surface area contributed by atoms with Crippen LogP contribution in [0.15, 0.2) is 28.7 Å². The predicted octanol–water partition coefficient (Wildman–Crippen LogP) is 5.39. The predicted molar refractivity (Wildman–Crippen MR) is 86.2 cm³/mol. The summed E-state index contributed by atoms with van der Waals surface area (Å²) in [5.41, 5.74) is 2.24. The molecule has 0 atom stereocenters.